The highest BCUT2D eigenvalue weighted by atomic mass is 127. The van der Waals surface area contributed by atoms with Crippen molar-refractivity contribution in [3.05, 3.63) is 17.5 Å². The van der Waals surface area contributed by atoms with Gasteiger partial charge in [-0.05, 0) is 56.9 Å². The number of aromatic amines is 1. The van der Waals surface area contributed by atoms with E-state index in [9.17, 15) is 0 Å². The van der Waals surface area contributed by atoms with Gasteiger partial charge in [0, 0.05) is 31.9 Å². The summed E-state index contributed by atoms with van der Waals surface area (Å²) in [6, 6.07) is 0. The minimum Gasteiger partial charge on any atom is -0.357 e. The second kappa shape index (κ2) is 9.78. The van der Waals surface area contributed by atoms with Crippen molar-refractivity contribution in [3.63, 3.8) is 0 Å². The van der Waals surface area contributed by atoms with Crippen molar-refractivity contribution >= 4 is 29.9 Å². The van der Waals surface area contributed by atoms with E-state index in [1.807, 2.05) is 6.20 Å². The number of H-pyrrole nitrogens is 1. The Kier molecular flexibility index (Phi) is 8.03. The number of nitrogens with zero attached hydrogens (tertiary/aromatic N) is 3. The molecule has 1 aromatic heterocycles. The van der Waals surface area contributed by atoms with E-state index in [0.29, 0.717) is 5.41 Å². The van der Waals surface area contributed by atoms with Crippen LogP contribution in [-0.4, -0.2) is 47.2 Å². The van der Waals surface area contributed by atoms with E-state index in [2.05, 4.69) is 34.3 Å². The summed E-state index contributed by atoms with van der Waals surface area (Å²) < 4.78 is 0. The van der Waals surface area contributed by atoms with Gasteiger partial charge < -0.3 is 10.2 Å². The Bertz CT molecular complexity index is 548. The van der Waals surface area contributed by atoms with Gasteiger partial charge in [-0.25, -0.2) is 0 Å². The fourth-order valence-electron chi connectivity index (χ4n) is 4.33. The average Bonchev–Trinajstić information content (AvgIpc) is 3.18. The maximum atomic E-state index is 4.90. The minimum absolute atomic E-state index is 0. The molecule has 6 heteroatoms. The number of guanidine groups is 1. The summed E-state index contributed by atoms with van der Waals surface area (Å²) in [6.45, 7) is 8.46. The average molecular weight is 459 g/mol. The maximum absolute atomic E-state index is 4.90. The van der Waals surface area contributed by atoms with Gasteiger partial charge >= 0.3 is 0 Å². The van der Waals surface area contributed by atoms with Gasteiger partial charge in [-0.3, -0.25) is 10.1 Å². The number of hydrogen-bond acceptors (Lipinski definition) is 2. The molecule has 2 fully saturated rings. The lowest BCUT2D eigenvalue weighted by molar-refractivity contribution is 0.203. The third-order valence-electron chi connectivity index (χ3n) is 5.79. The lowest BCUT2D eigenvalue weighted by Crippen LogP contribution is -2.41. The van der Waals surface area contributed by atoms with Crippen LogP contribution in [0.1, 0.15) is 63.1 Å². The van der Waals surface area contributed by atoms with E-state index in [1.54, 1.807) is 0 Å². The van der Waals surface area contributed by atoms with Gasteiger partial charge in [0.05, 0.1) is 6.20 Å². The third kappa shape index (κ3) is 5.34. The molecule has 0 bridgehead atoms. The molecule has 0 unspecified atom stereocenters. The van der Waals surface area contributed by atoms with Crippen LogP contribution in [0.5, 0.6) is 0 Å². The summed E-state index contributed by atoms with van der Waals surface area (Å²) in [4.78, 5) is 7.42. The van der Waals surface area contributed by atoms with Gasteiger partial charge in [0.15, 0.2) is 5.96 Å². The summed E-state index contributed by atoms with van der Waals surface area (Å²) in [5, 5.41) is 10.6. The second-order valence-corrected chi connectivity index (χ2v) is 7.59. The maximum Gasteiger partial charge on any atom is 0.193 e. The van der Waals surface area contributed by atoms with E-state index in [-0.39, 0.29) is 24.0 Å². The van der Waals surface area contributed by atoms with Crippen LogP contribution in [0.2, 0.25) is 0 Å². The summed E-state index contributed by atoms with van der Waals surface area (Å²) in [5.74, 6) is 1.13. The summed E-state index contributed by atoms with van der Waals surface area (Å²) in [5.41, 5.74) is 3.09. The molecule has 1 spiro atoms. The predicted molar refractivity (Wildman–Crippen MR) is 115 cm³/mol. The van der Waals surface area contributed by atoms with E-state index < -0.39 is 0 Å². The summed E-state index contributed by atoms with van der Waals surface area (Å²) in [6.07, 6.45) is 12.5. The zero-order chi connectivity index (χ0) is 16.8. The van der Waals surface area contributed by atoms with E-state index >= 15 is 0 Å². The molecule has 0 aromatic carbocycles. The second-order valence-electron chi connectivity index (χ2n) is 7.59. The Hall–Kier alpha value is -0.790. The zero-order valence-corrected chi connectivity index (χ0v) is 18.1. The number of aromatic nitrogens is 2. The smallest absolute Gasteiger partial charge is 0.193 e. The van der Waals surface area contributed by atoms with Gasteiger partial charge in [-0.15, -0.1) is 24.0 Å². The Labute approximate surface area is 169 Å². The number of nitrogens with one attached hydrogen (secondary N) is 2. The van der Waals surface area contributed by atoms with Crippen LogP contribution in [0.15, 0.2) is 11.2 Å². The molecule has 1 aliphatic carbocycles. The van der Waals surface area contributed by atoms with E-state index in [1.165, 1.54) is 62.9 Å². The number of aryl methyl sites for hydroxylation is 2. The number of halogens is 1. The monoisotopic (exact) mass is 459 g/mol. The molecule has 3 rings (SSSR count). The molecule has 1 aliphatic heterocycles. The number of hydrogen-bond donors (Lipinski definition) is 2. The number of likely N-dealkylation sites (tertiary alicyclic amines) is 1. The molecule has 5 nitrogen and oxygen atoms in total. The summed E-state index contributed by atoms with van der Waals surface area (Å²) in [7, 11) is 0. The molecule has 2 aliphatic rings. The molecular weight excluding hydrogens is 425 g/mol. The predicted octanol–water partition coefficient (Wildman–Crippen LogP) is 3.89. The van der Waals surface area contributed by atoms with Crippen molar-refractivity contribution in [2.45, 2.75) is 65.2 Å². The lowest BCUT2D eigenvalue weighted by Gasteiger charge is -2.33. The number of aliphatic imine (C=N–C) groups is 1. The standard InChI is InChI=1S/C19H33N5.HI/c1-3-20-18(21-12-7-8-17-14-22-23-16(17)2)24-13-11-19(15-24)9-5-4-6-10-19;/h14H,3-13,15H2,1-2H3,(H,20,21)(H,22,23);1H. The molecule has 142 valence electrons. The van der Waals surface area contributed by atoms with E-state index in [4.69, 9.17) is 4.99 Å². The van der Waals surface area contributed by atoms with Crippen LogP contribution >= 0.6 is 24.0 Å². The topological polar surface area (TPSA) is 56.3 Å². The molecule has 25 heavy (non-hydrogen) atoms. The van der Waals surface area contributed by atoms with Gasteiger partial charge in [-0.1, -0.05) is 19.3 Å². The first-order valence-electron chi connectivity index (χ1n) is 9.74. The largest absolute Gasteiger partial charge is 0.357 e. The first kappa shape index (κ1) is 20.5. The van der Waals surface area contributed by atoms with Crippen LogP contribution in [0.25, 0.3) is 0 Å². The first-order valence-corrected chi connectivity index (χ1v) is 9.74. The van der Waals surface area contributed by atoms with Gasteiger partial charge in [0.2, 0.25) is 0 Å². The van der Waals surface area contributed by atoms with Crippen LogP contribution in [0.3, 0.4) is 0 Å². The molecule has 1 saturated heterocycles. The Balaban J connectivity index is 0.00000225. The summed E-state index contributed by atoms with van der Waals surface area (Å²) >= 11 is 0. The van der Waals surface area contributed by atoms with Crippen LogP contribution < -0.4 is 5.32 Å². The highest BCUT2D eigenvalue weighted by Crippen LogP contribution is 2.43. The van der Waals surface area contributed by atoms with Crippen molar-refractivity contribution in [1.29, 1.82) is 0 Å². The lowest BCUT2D eigenvalue weighted by atomic mass is 9.73. The van der Waals surface area contributed by atoms with Crippen molar-refractivity contribution in [2.24, 2.45) is 10.4 Å². The Morgan fingerprint density at radius 1 is 1.32 bits per heavy atom. The Morgan fingerprint density at radius 3 is 2.80 bits per heavy atom. The molecular formula is C19H34IN5. The first-order chi connectivity index (χ1) is 11.7. The highest BCUT2D eigenvalue weighted by Gasteiger charge is 2.39. The van der Waals surface area contributed by atoms with Crippen molar-refractivity contribution in [3.8, 4) is 0 Å². The van der Waals surface area contributed by atoms with Gasteiger partial charge in [0.1, 0.15) is 0 Å². The van der Waals surface area contributed by atoms with E-state index in [0.717, 1.165) is 31.9 Å². The molecule has 1 aromatic rings. The fourth-order valence-corrected chi connectivity index (χ4v) is 4.33. The SMILES string of the molecule is CCNC(=NCCCc1cn[nH]c1C)N1CCC2(CCCCC2)C1.I. The molecule has 0 radical (unpaired) electrons. The van der Waals surface area contributed by atoms with Crippen LogP contribution in [0, 0.1) is 12.3 Å². The minimum atomic E-state index is 0. The fraction of sp³-hybridized carbons (Fsp3) is 0.789. The molecule has 1 saturated carbocycles. The van der Waals surface area contributed by atoms with Gasteiger partial charge in [-0.2, -0.15) is 5.10 Å². The highest BCUT2D eigenvalue weighted by molar-refractivity contribution is 14.0. The van der Waals surface area contributed by atoms with Crippen molar-refractivity contribution in [2.75, 3.05) is 26.2 Å². The van der Waals surface area contributed by atoms with Crippen molar-refractivity contribution < 1.29 is 0 Å². The van der Waals surface area contributed by atoms with Crippen molar-refractivity contribution in [1.82, 2.24) is 20.4 Å². The van der Waals surface area contributed by atoms with Gasteiger partial charge in [0.25, 0.3) is 0 Å². The Morgan fingerprint density at radius 2 is 2.12 bits per heavy atom. The third-order valence-corrected chi connectivity index (χ3v) is 5.79. The molecule has 0 amide bonds. The molecule has 2 heterocycles. The van der Waals surface area contributed by atoms with Crippen LogP contribution in [-0.2, 0) is 6.42 Å². The zero-order valence-electron chi connectivity index (χ0n) is 15.8. The number of rotatable bonds is 5. The molecule has 0 atom stereocenters. The normalized spacial score (nSPS) is 19.9. The van der Waals surface area contributed by atoms with Crippen LogP contribution in [0.4, 0.5) is 0 Å². The quantitative estimate of drug-likeness (QED) is 0.304. The molecule has 2 N–H and O–H groups in total.